The van der Waals surface area contributed by atoms with Crippen molar-refractivity contribution in [1.29, 1.82) is 0 Å². The van der Waals surface area contributed by atoms with Crippen LogP contribution in [0.15, 0.2) is 52.3 Å². The standard InChI is InChI=1S/C17H17ClF2N2O2S/c18-12-5-1-2-6-14(12)25(23,24)15-7-3-4-11(16(15)17(19)20)13-10-21-8-9-22-13/h1-7,13,17,21-22H,8-10H2. The SMILES string of the molecule is O=S(=O)(c1ccccc1Cl)c1cccc(C2CNCCN2)c1C(F)F. The zero-order valence-corrected chi connectivity index (χ0v) is 14.7. The fourth-order valence-corrected chi connectivity index (χ4v) is 5.00. The molecular formula is C17H17ClF2N2O2S. The average molecular weight is 387 g/mol. The van der Waals surface area contributed by atoms with E-state index in [0.29, 0.717) is 13.1 Å². The van der Waals surface area contributed by atoms with Gasteiger partial charge < -0.3 is 10.6 Å². The van der Waals surface area contributed by atoms with Crippen molar-refractivity contribution in [2.75, 3.05) is 19.6 Å². The minimum Gasteiger partial charge on any atom is -0.314 e. The van der Waals surface area contributed by atoms with Crippen molar-refractivity contribution in [3.63, 3.8) is 0 Å². The molecule has 1 aliphatic heterocycles. The third kappa shape index (κ3) is 3.55. The highest BCUT2D eigenvalue weighted by atomic mass is 35.5. The van der Waals surface area contributed by atoms with Gasteiger partial charge >= 0.3 is 0 Å². The fraction of sp³-hybridized carbons (Fsp3) is 0.294. The molecule has 25 heavy (non-hydrogen) atoms. The Morgan fingerprint density at radius 3 is 2.40 bits per heavy atom. The second kappa shape index (κ2) is 7.37. The zero-order valence-electron chi connectivity index (χ0n) is 13.2. The lowest BCUT2D eigenvalue weighted by molar-refractivity contribution is 0.145. The molecular weight excluding hydrogens is 370 g/mol. The molecule has 0 saturated carbocycles. The van der Waals surface area contributed by atoms with Crippen LogP contribution >= 0.6 is 11.6 Å². The predicted octanol–water partition coefficient (Wildman–Crippen LogP) is 3.34. The maximum absolute atomic E-state index is 13.8. The molecule has 0 bridgehead atoms. The number of rotatable bonds is 4. The quantitative estimate of drug-likeness (QED) is 0.846. The molecule has 1 fully saturated rings. The maximum Gasteiger partial charge on any atom is 0.265 e. The molecule has 2 N–H and O–H groups in total. The van der Waals surface area contributed by atoms with Crippen LogP contribution in [0.5, 0.6) is 0 Å². The van der Waals surface area contributed by atoms with Gasteiger partial charge in [0.25, 0.3) is 6.43 Å². The number of nitrogens with one attached hydrogen (secondary N) is 2. The molecule has 1 atom stereocenters. The van der Waals surface area contributed by atoms with E-state index in [1.54, 1.807) is 6.07 Å². The van der Waals surface area contributed by atoms with Crippen LogP contribution in [-0.4, -0.2) is 28.1 Å². The van der Waals surface area contributed by atoms with Crippen LogP contribution in [0.1, 0.15) is 23.6 Å². The Hall–Kier alpha value is -1.54. The van der Waals surface area contributed by atoms with Gasteiger partial charge in [-0.05, 0) is 23.8 Å². The van der Waals surface area contributed by atoms with E-state index in [-0.39, 0.29) is 21.5 Å². The molecule has 2 aromatic rings. The van der Waals surface area contributed by atoms with Gasteiger partial charge in [-0.15, -0.1) is 0 Å². The summed E-state index contributed by atoms with van der Waals surface area (Å²) in [5.41, 5.74) is -0.182. The Kier molecular flexibility index (Phi) is 5.38. The van der Waals surface area contributed by atoms with Gasteiger partial charge in [-0.2, -0.15) is 0 Å². The van der Waals surface area contributed by atoms with Crippen LogP contribution in [0.25, 0.3) is 0 Å². The lowest BCUT2D eigenvalue weighted by atomic mass is 9.99. The molecule has 0 amide bonds. The van der Waals surface area contributed by atoms with Gasteiger partial charge in [0.2, 0.25) is 9.84 Å². The van der Waals surface area contributed by atoms with Gasteiger partial charge in [0.15, 0.2) is 0 Å². The van der Waals surface area contributed by atoms with Crippen molar-refractivity contribution in [1.82, 2.24) is 10.6 Å². The first-order valence-electron chi connectivity index (χ1n) is 7.77. The van der Waals surface area contributed by atoms with Crippen molar-refractivity contribution >= 4 is 21.4 Å². The number of halogens is 3. The molecule has 134 valence electrons. The molecule has 0 aliphatic carbocycles. The lowest BCUT2D eigenvalue weighted by Crippen LogP contribution is -2.43. The largest absolute Gasteiger partial charge is 0.314 e. The lowest BCUT2D eigenvalue weighted by Gasteiger charge is -2.27. The second-order valence-electron chi connectivity index (χ2n) is 5.70. The summed E-state index contributed by atoms with van der Waals surface area (Å²) >= 11 is 5.99. The van der Waals surface area contributed by atoms with Crippen LogP contribution in [0, 0.1) is 0 Å². The number of benzene rings is 2. The summed E-state index contributed by atoms with van der Waals surface area (Å²) in [6.07, 6.45) is -2.92. The van der Waals surface area contributed by atoms with Crippen molar-refractivity contribution in [2.45, 2.75) is 22.3 Å². The van der Waals surface area contributed by atoms with Gasteiger partial charge in [-0.1, -0.05) is 35.9 Å². The monoisotopic (exact) mass is 386 g/mol. The molecule has 8 heteroatoms. The minimum absolute atomic E-state index is 0.00516. The zero-order chi connectivity index (χ0) is 18.0. The summed E-state index contributed by atoms with van der Waals surface area (Å²) in [6, 6.07) is 9.70. The summed E-state index contributed by atoms with van der Waals surface area (Å²) < 4.78 is 53.6. The van der Waals surface area contributed by atoms with Crippen molar-refractivity contribution in [3.8, 4) is 0 Å². The normalized spacial score (nSPS) is 18.5. The molecule has 1 aliphatic rings. The van der Waals surface area contributed by atoms with E-state index in [4.69, 9.17) is 11.6 Å². The first kappa shape index (κ1) is 18.3. The number of alkyl halides is 2. The maximum atomic E-state index is 13.8. The van der Waals surface area contributed by atoms with Gasteiger partial charge in [0, 0.05) is 31.2 Å². The molecule has 3 rings (SSSR count). The fourth-order valence-electron chi connectivity index (χ4n) is 2.99. The highest BCUT2D eigenvalue weighted by Gasteiger charge is 2.31. The van der Waals surface area contributed by atoms with E-state index in [0.717, 1.165) is 6.54 Å². The summed E-state index contributed by atoms with van der Waals surface area (Å²) in [5.74, 6) is 0. The van der Waals surface area contributed by atoms with Crippen molar-refractivity contribution in [2.24, 2.45) is 0 Å². The average Bonchev–Trinajstić information content (AvgIpc) is 2.62. The third-order valence-electron chi connectivity index (χ3n) is 4.15. The van der Waals surface area contributed by atoms with Crippen LogP contribution in [-0.2, 0) is 9.84 Å². The van der Waals surface area contributed by atoms with E-state index in [1.807, 2.05) is 0 Å². The van der Waals surface area contributed by atoms with Crippen molar-refractivity contribution < 1.29 is 17.2 Å². The number of sulfone groups is 1. The first-order valence-corrected chi connectivity index (χ1v) is 9.63. The molecule has 4 nitrogen and oxygen atoms in total. The second-order valence-corrected chi connectivity index (χ2v) is 8.00. The topological polar surface area (TPSA) is 58.2 Å². The van der Waals surface area contributed by atoms with Crippen LogP contribution in [0.4, 0.5) is 8.78 Å². The number of piperazine rings is 1. The molecule has 1 saturated heterocycles. The number of hydrogen-bond donors (Lipinski definition) is 2. The Bertz CT molecular complexity index is 869. The molecule has 2 aromatic carbocycles. The summed E-state index contributed by atoms with van der Waals surface area (Å²) in [7, 11) is -4.17. The van der Waals surface area contributed by atoms with E-state index in [2.05, 4.69) is 10.6 Å². The Labute approximate surface area is 150 Å². The van der Waals surface area contributed by atoms with Crippen molar-refractivity contribution in [3.05, 3.63) is 58.6 Å². The molecule has 1 heterocycles. The van der Waals surface area contributed by atoms with Crippen LogP contribution < -0.4 is 10.6 Å². The van der Waals surface area contributed by atoms with E-state index in [1.165, 1.54) is 36.4 Å². The molecule has 0 aromatic heterocycles. The van der Waals surface area contributed by atoms with E-state index in [9.17, 15) is 17.2 Å². The van der Waals surface area contributed by atoms with E-state index < -0.39 is 26.7 Å². The highest BCUT2D eigenvalue weighted by molar-refractivity contribution is 7.91. The predicted molar refractivity (Wildman–Crippen MR) is 91.9 cm³/mol. The Balaban J connectivity index is 2.18. The highest BCUT2D eigenvalue weighted by Crippen LogP contribution is 2.37. The molecule has 0 spiro atoms. The smallest absolute Gasteiger partial charge is 0.265 e. The summed E-state index contributed by atoms with van der Waals surface area (Å²) in [5, 5.41) is 6.27. The van der Waals surface area contributed by atoms with Gasteiger partial charge in [-0.25, -0.2) is 17.2 Å². The van der Waals surface area contributed by atoms with Gasteiger partial charge in [0.1, 0.15) is 0 Å². The van der Waals surface area contributed by atoms with E-state index >= 15 is 0 Å². The molecule has 0 radical (unpaired) electrons. The summed E-state index contributed by atoms with van der Waals surface area (Å²) in [6.45, 7) is 1.81. The van der Waals surface area contributed by atoms with Gasteiger partial charge in [0.05, 0.1) is 14.8 Å². The minimum atomic E-state index is -4.17. The molecule has 1 unspecified atom stereocenters. The first-order chi connectivity index (χ1) is 11.9. The third-order valence-corrected chi connectivity index (χ3v) is 6.46. The Morgan fingerprint density at radius 2 is 1.76 bits per heavy atom. The van der Waals surface area contributed by atoms with Crippen LogP contribution in [0.2, 0.25) is 5.02 Å². The van der Waals surface area contributed by atoms with Crippen LogP contribution in [0.3, 0.4) is 0 Å². The number of hydrogen-bond acceptors (Lipinski definition) is 4. The van der Waals surface area contributed by atoms with Gasteiger partial charge in [-0.3, -0.25) is 0 Å². The Morgan fingerprint density at radius 1 is 1.04 bits per heavy atom. The summed E-state index contributed by atoms with van der Waals surface area (Å²) in [4.78, 5) is -0.578.